The molecule has 1 atom stereocenters. The van der Waals surface area contributed by atoms with Crippen LogP contribution in [0.15, 0.2) is 42.5 Å². The molecule has 0 saturated carbocycles. The van der Waals surface area contributed by atoms with E-state index in [-0.39, 0.29) is 6.04 Å². The summed E-state index contributed by atoms with van der Waals surface area (Å²) in [5.74, 6) is 1.01. The fourth-order valence-electron chi connectivity index (χ4n) is 2.91. The molecule has 2 heteroatoms. The normalized spacial score (nSPS) is 17.9. The minimum absolute atomic E-state index is 0.277. The Labute approximate surface area is 114 Å². The number of hydrogen-bond donors (Lipinski definition) is 1. The summed E-state index contributed by atoms with van der Waals surface area (Å²) in [5, 5.41) is 3.61. The molecule has 3 rings (SSSR count). The fourth-order valence-corrected chi connectivity index (χ4v) is 2.91. The zero-order valence-electron chi connectivity index (χ0n) is 11.4. The van der Waals surface area contributed by atoms with E-state index in [9.17, 15) is 0 Å². The van der Waals surface area contributed by atoms with Crippen LogP contribution in [-0.2, 0) is 6.42 Å². The van der Waals surface area contributed by atoms with Crippen molar-refractivity contribution in [1.82, 2.24) is 5.32 Å². The molecule has 1 aliphatic heterocycles. The number of aryl methyl sites for hydroxylation is 1. The van der Waals surface area contributed by atoms with Crippen LogP contribution >= 0.6 is 0 Å². The summed E-state index contributed by atoms with van der Waals surface area (Å²) in [5.41, 5.74) is 5.31. The van der Waals surface area contributed by atoms with E-state index < -0.39 is 0 Å². The molecule has 1 aliphatic rings. The number of methoxy groups -OCH3 is 1. The highest BCUT2D eigenvalue weighted by Gasteiger charge is 2.23. The summed E-state index contributed by atoms with van der Waals surface area (Å²) in [6.07, 6.45) is 1.03. The first-order chi connectivity index (χ1) is 9.29. The van der Waals surface area contributed by atoms with E-state index in [0.29, 0.717) is 0 Å². The number of benzene rings is 2. The lowest BCUT2D eigenvalue weighted by Gasteiger charge is -2.28. The molecule has 0 bridgehead atoms. The second-order valence-corrected chi connectivity index (χ2v) is 5.08. The lowest BCUT2D eigenvalue weighted by atomic mass is 9.89. The minimum Gasteiger partial charge on any atom is -0.496 e. The maximum absolute atomic E-state index is 5.49. The molecular weight excluding hydrogens is 234 g/mol. The van der Waals surface area contributed by atoms with Crippen LogP contribution in [0.25, 0.3) is 0 Å². The lowest BCUT2D eigenvalue weighted by Crippen LogP contribution is -2.30. The standard InChI is InChI=1S/C17H19NO/c1-12-5-3-6-13(11-12)17-15-7-4-8-16(19-2)14(15)9-10-18-17/h3-8,11,17-18H,9-10H2,1-2H3. The molecule has 2 nitrogen and oxygen atoms in total. The van der Waals surface area contributed by atoms with Gasteiger partial charge < -0.3 is 10.1 Å². The van der Waals surface area contributed by atoms with Gasteiger partial charge in [0.25, 0.3) is 0 Å². The molecular formula is C17H19NO. The molecule has 0 radical (unpaired) electrons. The Kier molecular flexibility index (Phi) is 3.26. The number of fused-ring (bicyclic) bond motifs is 1. The van der Waals surface area contributed by atoms with Crippen LogP contribution in [0.2, 0.25) is 0 Å². The highest BCUT2D eigenvalue weighted by Crippen LogP contribution is 2.33. The number of nitrogens with one attached hydrogen (secondary N) is 1. The monoisotopic (exact) mass is 253 g/mol. The van der Waals surface area contributed by atoms with E-state index in [4.69, 9.17) is 4.74 Å². The lowest BCUT2D eigenvalue weighted by molar-refractivity contribution is 0.403. The van der Waals surface area contributed by atoms with E-state index in [1.54, 1.807) is 7.11 Å². The van der Waals surface area contributed by atoms with Crippen molar-refractivity contribution in [3.05, 3.63) is 64.7 Å². The fraction of sp³-hybridized carbons (Fsp3) is 0.294. The van der Waals surface area contributed by atoms with Crippen molar-refractivity contribution in [2.45, 2.75) is 19.4 Å². The summed E-state index contributed by atoms with van der Waals surface area (Å²) in [4.78, 5) is 0. The van der Waals surface area contributed by atoms with Gasteiger partial charge in [-0.3, -0.25) is 0 Å². The van der Waals surface area contributed by atoms with Crippen LogP contribution in [-0.4, -0.2) is 13.7 Å². The molecule has 0 spiro atoms. The van der Waals surface area contributed by atoms with Gasteiger partial charge in [0, 0.05) is 12.1 Å². The number of ether oxygens (including phenoxy) is 1. The molecule has 0 saturated heterocycles. The summed E-state index contributed by atoms with van der Waals surface area (Å²) in [6.45, 7) is 3.13. The average molecular weight is 253 g/mol. The maximum Gasteiger partial charge on any atom is 0.122 e. The molecule has 0 fully saturated rings. The van der Waals surface area contributed by atoms with Crippen molar-refractivity contribution < 1.29 is 4.74 Å². The Hall–Kier alpha value is -1.80. The van der Waals surface area contributed by atoms with Crippen LogP contribution in [0.4, 0.5) is 0 Å². The first-order valence-electron chi connectivity index (χ1n) is 6.75. The maximum atomic E-state index is 5.49. The van der Waals surface area contributed by atoms with Gasteiger partial charge >= 0.3 is 0 Å². The molecule has 1 N–H and O–H groups in total. The molecule has 19 heavy (non-hydrogen) atoms. The topological polar surface area (TPSA) is 21.3 Å². The predicted octanol–water partition coefficient (Wildman–Crippen LogP) is 3.24. The van der Waals surface area contributed by atoms with E-state index in [1.807, 2.05) is 0 Å². The van der Waals surface area contributed by atoms with Gasteiger partial charge in [0.1, 0.15) is 5.75 Å². The Morgan fingerprint density at radius 2 is 2.00 bits per heavy atom. The molecule has 98 valence electrons. The summed E-state index contributed by atoms with van der Waals surface area (Å²) >= 11 is 0. The summed E-state index contributed by atoms with van der Waals surface area (Å²) in [6, 6.07) is 15.3. The van der Waals surface area contributed by atoms with E-state index in [1.165, 1.54) is 22.3 Å². The summed E-state index contributed by atoms with van der Waals surface area (Å²) in [7, 11) is 1.75. The molecule has 1 heterocycles. The Bertz CT molecular complexity index is 592. The van der Waals surface area contributed by atoms with Crippen molar-refractivity contribution in [3.63, 3.8) is 0 Å². The third kappa shape index (κ3) is 2.24. The van der Waals surface area contributed by atoms with Gasteiger partial charge in [-0.1, -0.05) is 42.0 Å². The van der Waals surface area contributed by atoms with E-state index in [0.717, 1.165) is 18.7 Å². The third-order valence-corrected chi connectivity index (χ3v) is 3.80. The average Bonchev–Trinajstić information content (AvgIpc) is 2.46. The van der Waals surface area contributed by atoms with Gasteiger partial charge in [0.05, 0.1) is 13.2 Å². The van der Waals surface area contributed by atoms with E-state index in [2.05, 4.69) is 54.7 Å². The SMILES string of the molecule is COc1cccc2c1CCNC2c1cccc(C)c1. The highest BCUT2D eigenvalue weighted by molar-refractivity contribution is 5.47. The van der Waals surface area contributed by atoms with Crippen molar-refractivity contribution in [1.29, 1.82) is 0 Å². The molecule has 0 aliphatic carbocycles. The molecule has 2 aromatic rings. The van der Waals surface area contributed by atoms with Crippen LogP contribution in [0, 0.1) is 6.92 Å². The molecule has 2 aromatic carbocycles. The Morgan fingerprint density at radius 1 is 1.16 bits per heavy atom. The second-order valence-electron chi connectivity index (χ2n) is 5.08. The van der Waals surface area contributed by atoms with Crippen LogP contribution in [0.1, 0.15) is 28.3 Å². The van der Waals surface area contributed by atoms with Crippen molar-refractivity contribution >= 4 is 0 Å². The Morgan fingerprint density at radius 3 is 2.79 bits per heavy atom. The largest absolute Gasteiger partial charge is 0.496 e. The van der Waals surface area contributed by atoms with Gasteiger partial charge in [-0.15, -0.1) is 0 Å². The smallest absolute Gasteiger partial charge is 0.122 e. The third-order valence-electron chi connectivity index (χ3n) is 3.80. The zero-order chi connectivity index (χ0) is 13.2. The minimum atomic E-state index is 0.277. The van der Waals surface area contributed by atoms with Gasteiger partial charge in [-0.2, -0.15) is 0 Å². The van der Waals surface area contributed by atoms with Gasteiger partial charge in [-0.05, 0) is 30.5 Å². The van der Waals surface area contributed by atoms with Gasteiger partial charge in [0.15, 0.2) is 0 Å². The van der Waals surface area contributed by atoms with Gasteiger partial charge in [-0.25, -0.2) is 0 Å². The molecule has 0 amide bonds. The molecule has 1 unspecified atom stereocenters. The highest BCUT2D eigenvalue weighted by atomic mass is 16.5. The van der Waals surface area contributed by atoms with Crippen LogP contribution in [0.5, 0.6) is 5.75 Å². The summed E-state index contributed by atoms with van der Waals surface area (Å²) < 4.78 is 5.49. The van der Waals surface area contributed by atoms with Crippen molar-refractivity contribution in [2.75, 3.05) is 13.7 Å². The molecule has 0 aromatic heterocycles. The van der Waals surface area contributed by atoms with E-state index >= 15 is 0 Å². The van der Waals surface area contributed by atoms with Crippen molar-refractivity contribution in [2.24, 2.45) is 0 Å². The van der Waals surface area contributed by atoms with Crippen LogP contribution < -0.4 is 10.1 Å². The number of hydrogen-bond acceptors (Lipinski definition) is 2. The van der Waals surface area contributed by atoms with Crippen LogP contribution in [0.3, 0.4) is 0 Å². The second kappa shape index (κ2) is 5.06. The zero-order valence-corrected chi connectivity index (χ0v) is 11.4. The van der Waals surface area contributed by atoms with Crippen molar-refractivity contribution in [3.8, 4) is 5.75 Å². The number of rotatable bonds is 2. The quantitative estimate of drug-likeness (QED) is 0.887. The predicted molar refractivity (Wildman–Crippen MR) is 77.7 cm³/mol. The first-order valence-corrected chi connectivity index (χ1v) is 6.75. The Balaban J connectivity index is 2.08. The van der Waals surface area contributed by atoms with Gasteiger partial charge in [0.2, 0.25) is 0 Å². The first kappa shape index (κ1) is 12.2.